The average Bonchev–Trinajstić information content (AvgIpc) is 3.12. The highest BCUT2D eigenvalue weighted by molar-refractivity contribution is 6.39. The van der Waals surface area contributed by atoms with Gasteiger partial charge in [0.2, 0.25) is 0 Å². The van der Waals surface area contributed by atoms with Gasteiger partial charge in [0.05, 0.1) is 29.9 Å². The van der Waals surface area contributed by atoms with Crippen molar-refractivity contribution in [3.8, 4) is 11.3 Å². The van der Waals surface area contributed by atoms with Crippen molar-refractivity contribution < 1.29 is 23.8 Å². The Morgan fingerprint density at radius 1 is 1.11 bits per heavy atom. The smallest absolute Gasteiger partial charge is 0.145 e. The molecule has 2 aromatic rings. The molecular weight excluding hydrogens is 393 g/mol. The van der Waals surface area contributed by atoms with Gasteiger partial charge in [-0.3, -0.25) is 0 Å². The number of ether oxygens (including phenoxy) is 3. The first-order chi connectivity index (χ1) is 13.1. The zero-order chi connectivity index (χ0) is 18.5. The molecule has 3 aliphatic rings. The molecule has 1 aromatic carbocycles. The number of benzene rings is 1. The lowest BCUT2D eigenvalue weighted by Crippen LogP contribution is -2.32. The van der Waals surface area contributed by atoms with E-state index in [4.69, 9.17) is 41.9 Å². The third-order valence-corrected chi connectivity index (χ3v) is 6.02. The molecule has 5 rings (SSSR count). The molecule has 6 nitrogen and oxygen atoms in total. The van der Waals surface area contributed by atoms with Crippen LogP contribution in [0.3, 0.4) is 0 Å². The van der Waals surface area contributed by atoms with Gasteiger partial charge in [0.25, 0.3) is 0 Å². The SMILES string of the molecule is O[C@@H]1CO[C@H]2[C@@H]1OC[C@H]2OCc1c(-c2c(Cl)cccc2Cl)noc1C1CC1. The second kappa shape index (κ2) is 7.03. The number of aliphatic hydroxyl groups is 1. The van der Waals surface area contributed by atoms with Crippen LogP contribution in [0.1, 0.15) is 30.1 Å². The molecule has 3 fully saturated rings. The lowest BCUT2D eigenvalue weighted by atomic mass is 10.0. The van der Waals surface area contributed by atoms with Crippen molar-refractivity contribution in [3.05, 3.63) is 39.6 Å². The molecule has 1 saturated carbocycles. The Bertz CT molecular complexity index is 832. The minimum Gasteiger partial charge on any atom is -0.388 e. The first-order valence-electron chi connectivity index (χ1n) is 9.09. The van der Waals surface area contributed by atoms with Crippen molar-refractivity contribution >= 4 is 23.2 Å². The largest absolute Gasteiger partial charge is 0.388 e. The molecule has 0 amide bonds. The Morgan fingerprint density at radius 3 is 2.59 bits per heavy atom. The van der Waals surface area contributed by atoms with Crippen molar-refractivity contribution in [2.75, 3.05) is 13.2 Å². The van der Waals surface area contributed by atoms with Gasteiger partial charge in [-0.05, 0) is 25.0 Å². The van der Waals surface area contributed by atoms with Crippen molar-refractivity contribution in [2.45, 2.75) is 49.8 Å². The monoisotopic (exact) mass is 411 g/mol. The number of hydrogen-bond donors (Lipinski definition) is 1. The summed E-state index contributed by atoms with van der Waals surface area (Å²) in [5.74, 6) is 1.20. The molecule has 0 unspecified atom stereocenters. The number of fused-ring (bicyclic) bond motifs is 1. The van der Waals surface area contributed by atoms with E-state index >= 15 is 0 Å². The lowest BCUT2D eigenvalue weighted by Gasteiger charge is -2.17. The van der Waals surface area contributed by atoms with Gasteiger partial charge in [-0.15, -0.1) is 0 Å². The Morgan fingerprint density at radius 2 is 1.85 bits per heavy atom. The van der Waals surface area contributed by atoms with Crippen LogP contribution in [0.15, 0.2) is 22.7 Å². The third kappa shape index (κ3) is 3.18. The van der Waals surface area contributed by atoms with Crippen LogP contribution in [0, 0.1) is 0 Å². The minimum atomic E-state index is -0.598. The predicted octanol–water partition coefficient (Wildman–Crippen LogP) is 3.57. The van der Waals surface area contributed by atoms with Gasteiger partial charge in [-0.1, -0.05) is 34.4 Å². The van der Waals surface area contributed by atoms with Crippen LogP contribution in [0.4, 0.5) is 0 Å². The fourth-order valence-corrected chi connectivity index (χ4v) is 4.40. The van der Waals surface area contributed by atoms with E-state index in [1.54, 1.807) is 18.2 Å². The summed E-state index contributed by atoms with van der Waals surface area (Å²) in [5.41, 5.74) is 2.15. The van der Waals surface area contributed by atoms with E-state index in [-0.39, 0.29) is 24.9 Å². The number of aromatic nitrogens is 1. The maximum Gasteiger partial charge on any atom is 0.145 e. The first-order valence-corrected chi connectivity index (χ1v) is 9.84. The molecule has 2 saturated heterocycles. The lowest BCUT2D eigenvalue weighted by molar-refractivity contribution is -0.0441. The second-order valence-electron chi connectivity index (χ2n) is 7.26. The molecule has 4 atom stereocenters. The normalized spacial score (nSPS) is 30.0. The van der Waals surface area contributed by atoms with Crippen LogP contribution in [-0.4, -0.2) is 47.9 Å². The highest BCUT2D eigenvalue weighted by Crippen LogP contribution is 2.46. The van der Waals surface area contributed by atoms with Crippen LogP contribution >= 0.6 is 23.2 Å². The Balaban J connectivity index is 1.43. The fraction of sp³-hybridized carbons (Fsp3) is 0.526. The second-order valence-corrected chi connectivity index (χ2v) is 8.07. The van der Waals surface area contributed by atoms with Crippen LogP contribution in [0.2, 0.25) is 10.0 Å². The molecule has 2 aliphatic heterocycles. The number of hydrogen-bond acceptors (Lipinski definition) is 6. The zero-order valence-corrected chi connectivity index (χ0v) is 15.9. The summed E-state index contributed by atoms with van der Waals surface area (Å²) in [6.07, 6.45) is 0.728. The molecule has 144 valence electrons. The van der Waals surface area contributed by atoms with E-state index in [0.717, 1.165) is 24.2 Å². The summed E-state index contributed by atoms with van der Waals surface area (Å²) in [6, 6.07) is 5.36. The van der Waals surface area contributed by atoms with Gasteiger partial charge in [-0.2, -0.15) is 0 Å². The molecule has 0 spiro atoms. The molecule has 8 heteroatoms. The quantitative estimate of drug-likeness (QED) is 0.810. The van der Waals surface area contributed by atoms with E-state index in [9.17, 15) is 5.11 Å². The van der Waals surface area contributed by atoms with Gasteiger partial charge in [0.1, 0.15) is 35.9 Å². The van der Waals surface area contributed by atoms with Gasteiger partial charge < -0.3 is 23.8 Å². The molecule has 3 heterocycles. The van der Waals surface area contributed by atoms with Crippen LogP contribution in [-0.2, 0) is 20.8 Å². The molecule has 0 radical (unpaired) electrons. The van der Waals surface area contributed by atoms with Crippen molar-refractivity contribution in [2.24, 2.45) is 0 Å². The van der Waals surface area contributed by atoms with Crippen molar-refractivity contribution in [1.82, 2.24) is 5.16 Å². The summed E-state index contributed by atoms with van der Waals surface area (Å²) >= 11 is 12.8. The fourth-order valence-electron chi connectivity index (χ4n) is 3.83. The summed E-state index contributed by atoms with van der Waals surface area (Å²) < 4.78 is 23.0. The number of rotatable bonds is 5. The maximum absolute atomic E-state index is 9.89. The molecule has 0 bridgehead atoms. The van der Waals surface area contributed by atoms with Crippen LogP contribution in [0.25, 0.3) is 11.3 Å². The van der Waals surface area contributed by atoms with Crippen molar-refractivity contribution in [1.29, 1.82) is 0 Å². The molecule has 27 heavy (non-hydrogen) atoms. The highest BCUT2D eigenvalue weighted by atomic mass is 35.5. The van der Waals surface area contributed by atoms with E-state index < -0.39 is 6.10 Å². The van der Waals surface area contributed by atoms with Crippen LogP contribution in [0.5, 0.6) is 0 Å². The molecule has 1 aromatic heterocycles. The Kier molecular flexibility index (Phi) is 4.66. The average molecular weight is 412 g/mol. The van der Waals surface area contributed by atoms with Gasteiger partial charge in [0.15, 0.2) is 0 Å². The predicted molar refractivity (Wildman–Crippen MR) is 98.0 cm³/mol. The summed E-state index contributed by atoms with van der Waals surface area (Å²) in [6.45, 7) is 0.956. The Hall–Kier alpha value is -1.15. The number of halogens is 2. The molecule has 1 N–H and O–H groups in total. The van der Waals surface area contributed by atoms with E-state index in [0.29, 0.717) is 40.4 Å². The van der Waals surface area contributed by atoms with Crippen LogP contribution < -0.4 is 0 Å². The standard InChI is InChI=1S/C19H19Cl2NO5/c20-11-2-1-3-12(21)15(11)16-10(17(27-22-16)9-4-5-9)6-24-14-8-26-18-13(23)7-25-19(14)18/h1-3,9,13-14,18-19,23H,4-8H2/t13-,14-,18-,19-/m1/s1. The van der Waals surface area contributed by atoms with E-state index in [1.165, 1.54) is 0 Å². The molecule has 1 aliphatic carbocycles. The minimum absolute atomic E-state index is 0.247. The van der Waals surface area contributed by atoms with Gasteiger partial charge >= 0.3 is 0 Å². The molecular formula is C19H19Cl2NO5. The number of nitrogens with zero attached hydrogens (tertiary/aromatic N) is 1. The summed E-state index contributed by atoms with van der Waals surface area (Å²) in [4.78, 5) is 0. The van der Waals surface area contributed by atoms with Crippen molar-refractivity contribution in [3.63, 3.8) is 0 Å². The zero-order valence-electron chi connectivity index (χ0n) is 14.4. The highest BCUT2D eigenvalue weighted by Gasteiger charge is 2.48. The van der Waals surface area contributed by atoms with Gasteiger partial charge in [-0.25, -0.2) is 0 Å². The van der Waals surface area contributed by atoms with Gasteiger partial charge in [0, 0.05) is 17.0 Å². The first kappa shape index (κ1) is 17.9. The maximum atomic E-state index is 9.89. The summed E-state index contributed by atoms with van der Waals surface area (Å²) in [7, 11) is 0. The van der Waals surface area contributed by atoms with E-state index in [2.05, 4.69) is 5.16 Å². The van der Waals surface area contributed by atoms with E-state index in [1.807, 2.05) is 0 Å². The topological polar surface area (TPSA) is 74.0 Å². The number of aliphatic hydroxyl groups excluding tert-OH is 1. The summed E-state index contributed by atoms with van der Waals surface area (Å²) in [5, 5.41) is 15.2. The Labute approximate surface area is 166 Å². The third-order valence-electron chi connectivity index (χ3n) is 5.39.